The number of ether oxygens (including phenoxy) is 1. The normalized spacial score (nSPS) is 32.9. The average molecular weight is 207 g/mol. The van der Waals surface area contributed by atoms with Crippen LogP contribution in [0.3, 0.4) is 0 Å². The van der Waals surface area contributed by atoms with Crippen molar-refractivity contribution in [2.24, 2.45) is 11.3 Å². The summed E-state index contributed by atoms with van der Waals surface area (Å²) in [5.74, 6) is 0.692. The van der Waals surface area contributed by atoms with Gasteiger partial charge in [0.15, 0.2) is 5.78 Å². The lowest BCUT2D eigenvalue weighted by Crippen LogP contribution is -2.29. The second-order valence-corrected chi connectivity index (χ2v) is 4.73. The Labute approximate surface area is 90.4 Å². The zero-order chi connectivity index (χ0) is 10.7. The highest BCUT2D eigenvalue weighted by atomic mass is 16.5. The first-order valence-electron chi connectivity index (χ1n) is 5.79. The van der Waals surface area contributed by atoms with Crippen molar-refractivity contribution >= 4 is 5.78 Å². The first-order valence-corrected chi connectivity index (χ1v) is 5.79. The third kappa shape index (κ3) is 2.05. The summed E-state index contributed by atoms with van der Waals surface area (Å²) in [6.07, 6.45) is 5.07. The summed E-state index contributed by atoms with van der Waals surface area (Å²) in [4.78, 5) is 11.7. The van der Waals surface area contributed by atoms with E-state index in [2.05, 4.69) is 6.07 Å². The first kappa shape index (κ1) is 10.6. The van der Waals surface area contributed by atoms with E-state index in [0.29, 0.717) is 12.3 Å². The molecule has 1 aliphatic heterocycles. The standard InChI is InChI=1S/C12H17NO2/c13-9-12(5-1-2-11(12)14)8-10-3-6-15-7-4-10/h10H,1-8H2. The third-order valence-corrected chi connectivity index (χ3v) is 3.73. The number of hydrogen-bond donors (Lipinski definition) is 0. The number of nitrogens with zero attached hydrogens (tertiary/aromatic N) is 1. The first-order chi connectivity index (χ1) is 7.27. The Bertz CT molecular complexity index is 288. The molecule has 0 radical (unpaired) electrons. The van der Waals surface area contributed by atoms with Crippen LogP contribution in [0.2, 0.25) is 0 Å². The van der Waals surface area contributed by atoms with E-state index >= 15 is 0 Å². The third-order valence-electron chi connectivity index (χ3n) is 3.73. The maximum atomic E-state index is 11.7. The number of Topliss-reactive ketones (excluding diaryl/α,β-unsaturated/α-hetero) is 1. The number of ketones is 1. The molecule has 82 valence electrons. The van der Waals surface area contributed by atoms with Crippen LogP contribution in [-0.2, 0) is 9.53 Å². The van der Waals surface area contributed by atoms with Crippen molar-refractivity contribution in [3.63, 3.8) is 0 Å². The molecule has 2 rings (SSSR count). The van der Waals surface area contributed by atoms with Crippen LogP contribution in [0, 0.1) is 22.7 Å². The van der Waals surface area contributed by atoms with Crippen LogP contribution in [0.25, 0.3) is 0 Å². The average Bonchev–Trinajstić information content (AvgIpc) is 2.62. The maximum absolute atomic E-state index is 11.7. The number of rotatable bonds is 2. The summed E-state index contributed by atoms with van der Waals surface area (Å²) in [5.41, 5.74) is -0.637. The van der Waals surface area contributed by atoms with Crippen molar-refractivity contribution in [2.45, 2.75) is 38.5 Å². The summed E-state index contributed by atoms with van der Waals surface area (Å²) in [5, 5.41) is 9.22. The molecule has 0 amide bonds. The Morgan fingerprint density at radius 2 is 2.20 bits per heavy atom. The van der Waals surface area contributed by atoms with E-state index in [-0.39, 0.29) is 5.78 Å². The SMILES string of the molecule is N#CC1(CC2CCOCC2)CCCC1=O. The molecule has 0 spiro atoms. The van der Waals surface area contributed by atoms with Gasteiger partial charge in [-0.1, -0.05) is 0 Å². The molecule has 15 heavy (non-hydrogen) atoms. The van der Waals surface area contributed by atoms with Gasteiger partial charge in [0, 0.05) is 19.6 Å². The van der Waals surface area contributed by atoms with Gasteiger partial charge in [-0.3, -0.25) is 4.79 Å². The van der Waals surface area contributed by atoms with E-state index in [1.807, 2.05) is 0 Å². The molecule has 2 aliphatic rings. The lowest BCUT2D eigenvalue weighted by molar-refractivity contribution is -0.124. The van der Waals surface area contributed by atoms with E-state index in [9.17, 15) is 10.1 Å². The molecule has 2 fully saturated rings. The monoisotopic (exact) mass is 207 g/mol. The van der Waals surface area contributed by atoms with Crippen molar-refractivity contribution in [1.29, 1.82) is 5.26 Å². The highest BCUT2D eigenvalue weighted by Crippen LogP contribution is 2.41. The van der Waals surface area contributed by atoms with Crippen molar-refractivity contribution in [3.05, 3.63) is 0 Å². The van der Waals surface area contributed by atoms with E-state index < -0.39 is 5.41 Å². The van der Waals surface area contributed by atoms with Crippen LogP contribution >= 0.6 is 0 Å². The van der Waals surface area contributed by atoms with Gasteiger partial charge in [0.05, 0.1) is 6.07 Å². The van der Waals surface area contributed by atoms with Gasteiger partial charge in [-0.25, -0.2) is 0 Å². The summed E-state index contributed by atoms with van der Waals surface area (Å²) in [6, 6.07) is 2.28. The van der Waals surface area contributed by atoms with Gasteiger partial charge in [-0.15, -0.1) is 0 Å². The number of carbonyl (C=O) groups excluding carboxylic acids is 1. The van der Waals surface area contributed by atoms with Crippen molar-refractivity contribution in [1.82, 2.24) is 0 Å². The zero-order valence-corrected chi connectivity index (χ0v) is 9.00. The van der Waals surface area contributed by atoms with Crippen molar-refractivity contribution in [3.8, 4) is 6.07 Å². The number of nitriles is 1. The van der Waals surface area contributed by atoms with Crippen LogP contribution in [-0.4, -0.2) is 19.0 Å². The van der Waals surface area contributed by atoms with Gasteiger partial charge in [0.1, 0.15) is 5.41 Å². The van der Waals surface area contributed by atoms with E-state index in [0.717, 1.165) is 45.3 Å². The molecule has 1 saturated heterocycles. The minimum absolute atomic E-state index is 0.177. The molecule has 0 bridgehead atoms. The topological polar surface area (TPSA) is 50.1 Å². The Kier molecular flexibility index (Phi) is 3.06. The van der Waals surface area contributed by atoms with Crippen LogP contribution < -0.4 is 0 Å². The lowest BCUT2D eigenvalue weighted by Gasteiger charge is -2.28. The minimum Gasteiger partial charge on any atom is -0.381 e. The molecule has 0 aromatic rings. The molecule has 1 saturated carbocycles. The fourth-order valence-electron chi connectivity index (χ4n) is 2.75. The molecule has 0 aromatic heterocycles. The van der Waals surface area contributed by atoms with E-state index in [1.165, 1.54) is 0 Å². The molecule has 1 atom stereocenters. The summed E-state index contributed by atoms with van der Waals surface area (Å²) >= 11 is 0. The second-order valence-electron chi connectivity index (χ2n) is 4.73. The lowest BCUT2D eigenvalue weighted by atomic mass is 9.76. The molecule has 0 aromatic carbocycles. The van der Waals surface area contributed by atoms with Gasteiger partial charge < -0.3 is 4.74 Å². The molecule has 1 aliphatic carbocycles. The van der Waals surface area contributed by atoms with Gasteiger partial charge in [-0.05, 0) is 38.0 Å². The number of carbonyl (C=O) groups is 1. The minimum atomic E-state index is -0.637. The smallest absolute Gasteiger partial charge is 0.153 e. The summed E-state index contributed by atoms with van der Waals surface area (Å²) in [7, 11) is 0. The predicted octanol–water partition coefficient (Wildman–Crippen LogP) is 2.07. The van der Waals surface area contributed by atoms with Crippen LogP contribution in [0.4, 0.5) is 0 Å². The van der Waals surface area contributed by atoms with Gasteiger partial charge in [-0.2, -0.15) is 5.26 Å². The highest BCUT2D eigenvalue weighted by Gasteiger charge is 2.43. The Hall–Kier alpha value is -0.880. The Morgan fingerprint density at radius 1 is 1.47 bits per heavy atom. The van der Waals surface area contributed by atoms with Crippen LogP contribution in [0.15, 0.2) is 0 Å². The summed E-state index contributed by atoms with van der Waals surface area (Å²) in [6.45, 7) is 1.58. The molecule has 3 nitrogen and oxygen atoms in total. The zero-order valence-electron chi connectivity index (χ0n) is 9.00. The molecule has 0 N–H and O–H groups in total. The van der Waals surface area contributed by atoms with Crippen LogP contribution in [0.1, 0.15) is 38.5 Å². The van der Waals surface area contributed by atoms with Gasteiger partial charge in [0.2, 0.25) is 0 Å². The van der Waals surface area contributed by atoms with Gasteiger partial charge in [0.25, 0.3) is 0 Å². The van der Waals surface area contributed by atoms with Crippen molar-refractivity contribution < 1.29 is 9.53 Å². The van der Waals surface area contributed by atoms with Gasteiger partial charge >= 0.3 is 0 Å². The number of hydrogen-bond acceptors (Lipinski definition) is 3. The summed E-state index contributed by atoms with van der Waals surface area (Å²) < 4.78 is 5.29. The molecule has 1 heterocycles. The quantitative estimate of drug-likeness (QED) is 0.696. The predicted molar refractivity (Wildman–Crippen MR) is 55.1 cm³/mol. The molecule has 3 heteroatoms. The second kappa shape index (κ2) is 4.32. The van der Waals surface area contributed by atoms with Crippen LogP contribution in [0.5, 0.6) is 0 Å². The van der Waals surface area contributed by atoms with E-state index in [4.69, 9.17) is 4.74 Å². The fourth-order valence-corrected chi connectivity index (χ4v) is 2.75. The maximum Gasteiger partial charge on any atom is 0.153 e. The Morgan fingerprint density at radius 3 is 2.73 bits per heavy atom. The highest BCUT2D eigenvalue weighted by molar-refractivity contribution is 5.89. The fraction of sp³-hybridized carbons (Fsp3) is 0.833. The molecular weight excluding hydrogens is 190 g/mol. The molecular formula is C12H17NO2. The largest absolute Gasteiger partial charge is 0.381 e. The molecule has 1 unspecified atom stereocenters. The van der Waals surface area contributed by atoms with E-state index in [1.54, 1.807) is 0 Å². The Balaban J connectivity index is 2.01. The van der Waals surface area contributed by atoms with Crippen molar-refractivity contribution in [2.75, 3.05) is 13.2 Å².